The quantitative estimate of drug-likeness (QED) is 0.173. The molecule has 4 aliphatic carbocycles. The number of rotatable bonds is 4. The van der Waals surface area contributed by atoms with Gasteiger partial charge in [-0.25, -0.2) is 0 Å². The van der Waals surface area contributed by atoms with Gasteiger partial charge in [-0.1, -0.05) is 155 Å². The summed E-state index contributed by atoms with van der Waals surface area (Å²) in [5, 5.41) is 2.64. The zero-order valence-corrected chi connectivity index (χ0v) is 34.9. The third kappa shape index (κ3) is 5.66. The minimum absolute atomic E-state index is 0.404. The Morgan fingerprint density at radius 3 is 1.95 bits per heavy atom. The van der Waals surface area contributed by atoms with Crippen molar-refractivity contribution >= 4 is 39.5 Å². The van der Waals surface area contributed by atoms with E-state index in [1.165, 1.54) is 106 Å². The van der Waals surface area contributed by atoms with E-state index in [9.17, 15) is 0 Å². The normalized spacial score (nSPS) is 16.4. The summed E-state index contributed by atoms with van der Waals surface area (Å²) in [6.45, 7) is 12.5. The standard InChI is InChI=1S/C53H41N.2C2H6/c1-34-13-3-7-17-42(34)43-29-26-39(31-35(43)2)54(40-25-23-36-14-4-5-16-38(36)32-40)41-27-30-47-48-28-24-37-15-6-8-18-44(37)52(48)53(51(47)33-41)49-21-11-9-19-45(49)46-20-10-12-22-50(46)53;2*1-2/h3,5-9,11-13,15-19,21-33H,4,10,14,20H2,1-2H3;2*1-2H3. The SMILES string of the molecule is CC.CC.Cc1ccccc1-c1ccc(N(c2ccc3c(c2)C=CCC3)c2ccc3c(c2)C2(C4=C(CCC=C4)c4ccccc42)c2c-3ccc3ccccc23)cc1C. The predicted octanol–water partition coefficient (Wildman–Crippen LogP) is 16.0. The molecular weight excluding hydrogens is 699 g/mol. The van der Waals surface area contributed by atoms with E-state index >= 15 is 0 Å². The predicted molar refractivity (Wildman–Crippen MR) is 251 cm³/mol. The lowest BCUT2D eigenvalue weighted by Gasteiger charge is -2.34. The fraction of sp³-hybridized carbons (Fsp3) is 0.193. The Balaban J connectivity index is 0.00000106. The van der Waals surface area contributed by atoms with E-state index in [1.807, 2.05) is 27.7 Å². The summed E-state index contributed by atoms with van der Waals surface area (Å²) in [4.78, 5) is 2.50. The molecule has 7 aromatic carbocycles. The number of anilines is 3. The van der Waals surface area contributed by atoms with Crippen molar-refractivity contribution in [3.05, 3.63) is 208 Å². The molecule has 7 aromatic rings. The monoisotopic (exact) mass is 751 g/mol. The maximum absolute atomic E-state index is 2.54. The molecular formula is C57H53N. The Morgan fingerprint density at radius 1 is 0.483 bits per heavy atom. The second kappa shape index (κ2) is 15.3. The van der Waals surface area contributed by atoms with Crippen molar-refractivity contribution in [2.24, 2.45) is 0 Å². The number of fused-ring (bicyclic) bond motifs is 12. The molecule has 58 heavy (non-hydrogen) atoms. The Labute approximate surface area is 345 Å². The number of allylic oxidation sites excluding steroid dienone is 5. The second-order valence-corrected chi connectivity index (χ2v) is 15.5. The largest absolute Gasteiger partial charge is 0.310 e. The number of hydrogen-bond acceptors (Lipinski definition) is 1. The Kier molecular flexibility index (Phi) is 9.86. The van der Waals surface area contributed by atoms with Crippen LogP contribution in [-0.4, -0.2) is 0 Å². The van der Waals surface area contributed by atoms with Gasteiger partial charge in [0.1, 0.15) is 0 Å². The molecule has 0 fully saturated rings. The Morgan fingerprint density at radius 2 is 1.12 bits per heavy atom. The van der Waals surface area contributed by atoms with E-state index in [4.69, 9.17) is 0 Å². The van der Waals surface area contributed by atoms with Crippen LogP contribution in [0.4, 0.5) is 17.1 Å². The van der Waals surface area contributed by atoms with Crippen molar-refractivity contribution in [3.63, 3.8) is 0 Å². The van der Waals surface area contributed by atoms with Gasteiger partial charge in [0.15, 0.2) is 0 Å². The van der Waals surface area contributed by atoms with E-state index in [2.05, 4.69) is 183 Å². The average molecular weight is 752 g/mol. The maximum Gasteiger partial charge on any atom is 0.0728 e. The van der Waals surface area contributed by atoms with Gasteiger partial charge in [0, 0.05) is 17.1 Å². The molecule has 1 atom stereocenters. The van der Waals surface area contributed by atoms with Crippen LogP contribution < -0.4 is 4.90 Å². The fourth-order valence-corrected chi connectivity index (χ4v) is 10.3. The molecule has 0 aromatic heterocycles. The van der Waals surface area contributed by atoms with Crippen molar-refractivity contribution in [2.45, 2.75) is 72.6 Å². The fourth-order valence-electron chi connectivity index (χ4n) is 10.3. The first-order chi connectivity index (χ1) is 28.6. The lowest BCUT2D eigenvalue weighted by molar-refractivity contribution is 0.787. The van der Waals surface area contributed by atoms with Crippen molar-refractivity contribution in [2.75, 3.05) is 4.90 Å². The molecule has 1 nitrogen and oxygen atoms in total. The maximum atomic E-state index is 2.54. The van der Waals surface area contributed by atoms with E-state index in [1.54, 1.807) is 0 Å². The molecule has 0 saturated heterocycles. The lowest BCUT2D eigenvalue weighted by atomic mass is 9.68. The van der Waals surface area contributed by atoms with E-state index in [-0.39, 0.29) is 0 Å². The molecule has 0 amide bonds. The van der Waals surface area contributed by atoms with Crippen LogP contribution in [0.2, 0.25) is 0 Å². The Bertz CT molecular complexity index is 2810. The van der Waals surface area contributed by atoms with Crippen molar-refractivity contribution < 1.29 is 0 Å². The zero-order chi connectivity index (χ0) is 40.0. The first-order valence-corrected chi connectivity index (χ1v) is 21.5. The molecule has 11 rings (SSSR count). The third-order valence-corrected chi connectivity index (χ3v) is 12.7. The van der Waals surface area contributed by atoms with Gasteiger partial charge >= 0.3 is 0 Å². The van der Waals surface area contributed by atoms with Gasteiger partial charge in [-0.3, -0.25) is 0 Å². The molecule has 0 N–H and O–H groups in total. The summed E-state index contributed by atoms with van der Waals surface area (Å²) in [6, 6.07) is 53.2. The van der Waals surface area contributed by atoms with Crippen LogP contribution in [-0.2, 0) is 11.8 Å². The molecule has 0 heterocycles. The first kappa shape index (κ1) is 37.4. The highest BCUT2D eigenvalue weighted by Gasteiger charge is 2.53. The van der Waals surface area contributed by atoms with Gasteiger partial charge in [-0.15, -0.1) is 0 Å². The zero-order valence-electron chi connectivity index (χ0n) is 34.9. The van der Waals surface area contributed by atoms with Crippen LogP contribution in [0.1, 0.15) is 91.5 Å². The van der Waals surface area contributed by atoms with Crippen LogP contribution in [0.3, 0.4) is 0 Å². The van der Waals surface area contributed by atoms with Gasteiger partial charge in [0.2, 0.25) is 0 Å². The van der Waals surface area contributed by atoms with Gasteiger partial charge in [-0.2, -0.15) is 0 Å². The number of benzene rings is 7. The van der Waals surface area contributed by atoms with Gasteiger partial charge in [-0.05, 0) is 165 Å². The number of hydrogen-bond donors (Lipinski definition) is 0. The summed E-state index contributed by atoms with van der Waals surface area (Å²) in [5.74, 6) is 0. The molecule has 0 saturated carbocycles. The van der Waals surface area contributed by atoms with Gasteiger partial charge in [0.05, 0.1) is 5.41 Å². The van der Waals surface area contributed by atoms with Crippen molar-refractivity contribution in [1.29, 1.82) is 0 Å². The van der Waals surface area contributed by atoms with Crippen LogP contribution in [0.25, 0.3) is 44.7 Å². The first-order valence-electron chi connectivity index (χ1n) is 21.5. The highest BCUT2D eigenvalue weighted by molar-refractivity contribution is 6.05. The highest BCUT2D eigenvalue weighted by atomic mass is 15.1. The lowest BCUT2D eigenvalue weighted by Crippen LogP contribution is -2.27. The van der Waals surface area contributed by atoms with Crippen molar-refractivity contribution in [3.8, 4) is 22.3 Å². The number of nitrogens with zero attached hydrogens (tertiary/aromatic N) is 1. The second-order valence-electron chi connectivity index (χ2n) is 15.5. The van der Waals surface area contributed by atoms with Crippen LogP contribution in [0.5, 0.6) is 0 Å². The van der Waals surface area contributed by atoms with Crippen LogP contribution >= 0.6 is 0 Å². The average Bonchev–Trinajstić information content (AvgIpc) is 3.75. The molecule has 286 valence electrons. The van der Waals surface area contributed by atoms with Crippen LogP contribution in [0, 0.1) is 13.8 Å². The molecule has 1 heteroatoms. The minimum atomic E-state index is -0.404. The summed E-state index contributed by atoms with van der Waals surface area (Å²) in [5.41, 5.74) is 22.3. The molecule has 1 unspecified atom stereocenters. The highest BCUT2D eigenvalue weighted by Crippen LogP contribution is 2.65. The third-order valence-electron chi connectivity index (χ3n) is 12.7. The molecule has 0 aliphatic heterocycles. The summed E-state index contributed by atoms with van der Waals surface area (Å²) < 4.78 is 0. The summed E-state index contributed by atoms with van der Waals surface area (Å²) in [7, 11) is 0. The van der Waals surface area contributed by atoms with Crippen molar-refractivity contribution in [1.82, 2.24) is 0 Å². The smallest absolute Gasteiger partial charge is 0.0728 e. The summed E-state index contributed by atoms with van der Waals surface area (Å²) >= 11 is 0. The number of aryl methyl sites for hydroxylation is 3. The summed E-state index contributed by atoms with van der Waals surface area (Å²) in [6.07, 6.45) is 13.8. The Hall–Kier alpha value is -6.18. The van der Waals surface area contributed by atoms with E-state index in [0.29, 0.717) is 0 Å². The molecule has 0 bridgehead atoms. The molecule has 4 aliphatic rings. The molecule has 1 spiro atoms. The van der Waals surface area contributed by atoms with Crippen LogP contribution in [0.15, 0.2) is 163 Å². The van der Waals surface area contributed by atoms with E-state index in [0.717, 1.165) is 25.7 Å². The molecule has 0 radical (unpaired) electrons. The topological polar surface area (TPSA) is 3.24 Å². The van der Waals surface area contributed by atoms with E-state index < -0.39 is 5.41 Å². The van der Waals surface area contributed by atoms with Gasteiger partial charge < -0.3 is 4.90 Å². The van der Waals surface area contributed by atoms with Gasteiger partial charge in [0.25, 0.3) is 0 Å². The minimum Gasteiger partial charge on any atom is -0.310 e.